The Morgan fingerprint density at radius 1 is 1.33 bits per heavy atom. The molecular formula is C14H22IN3. The first-order valence-electron chi connectivity index (χ1n) is 6.28. The van der Waals surface area contributed by atoms with Crippen LogP contribution in [0.3, 0.4) is 0 Å². The summed E-state index contributed by atoms with van der Waals surface area (Å²) >= 11 is 0. The topological polar surface area (TPSA) is 36.4 Å². The van der Waals surface area contributed by atoms with Crippen LogP contribution in [0.1, 0.15) is 17.5 Å². The number of nitrogens with zero attached hydrogens (tertiary/aromatic N) is 1. The van der Waals surface area contributed by atoms with Crippen LogP contribution in [0.25, 0.3) is 0 Å². The summed E-state index contributed by atoms with van der Waals surface area (Å²) in [7, 11) is 3.69. The van der Waals surface area contributed by atoms with Crippen LogP contribution in [0, 0.1) is 5.92 Å². The minimum Gasteiger partial charge on any atom is -0.359 e. The third kappa shape index (κ3) is 3.86. The van der Waals surface area contributed by atoms with Gasteiger partial charge in [0.1, 0.15) is 0 Å². The van der Waals surface area contributed by atoms with Gasteiger partial charge in [0, 0.05) is 20.6 Å². The molecule has 18 heavy (non-hydrogen) atoms. The molecule has 0 aromatic heterocycles. The first-order valence-corrected chi connectivity index (χ1v) is 6.28. The van der Waals surface area contributed by atoms with Crippen LogP contribution < -0.4 is 10.6 Å². The molecule has 0 amide bonds. The third-order valence-electron chi connectivity index (χ3n) is 3.47. The zero-order valence-electron chi connectivity index (χ0n) is 11.1. The van der Waals surface area contributed by atoms with Crippen molar-refractivity contribution in [3.05, 3.63) is 35.4 Å². The maximum absolute atomic E-state index is 4.13. The van der Waals surface area contributed by atoms with Crippen molar-refractivity contribution in [1.29, 1.82) is 0 Å². The lowest BCUT2D eigenvalue weighted by atomic mass is 9.84. The van der Waals surface area contributed by atoms with Crippen molar-refractivity contribution in [2.45, 2.75) is 19.3 Å². The SMILES string of the molecule is CN=C(NC)NCC1CCc2ccccc2C1.I. The fourth-order valence-electron chi connectivity index (χ4n) is 2.47. The van der Waals surface area contributed by atoms with Gasteiger partial charge in [0.2, 0.25) is 0 Å². The van der Waals surface area contributed by atoms with Crippen LogP contribution in [0.2, 0.25) is 0 Å². The molecule has 0 saturated carbocycles. The highest BCUT2D eigenvalue weighted by Crippen LogP contribution is 2.24. The van der Waals surface area contributed by atoms with Crippen molar-refractivity contribution >= 4 is 29.9 Å². The molecule has 1 unspecified atom stereocenters. The molecule has 0 aliphatic heterocycles. The predicted molar refractivity (Wildman–Crippen MR) is 87.8 cm³/mol. The monoisotopic (exact) mass is 359 g/mol. The molecular weight excluding hydrogens is 337 g/mol. The van der Waals surface area contributed by atoms with Crippen LogP contribution in [0.4, 0.5) is 0 Å². The summed E-state index contributed by atoms with van der Waals surface area (Å²) in [6.45, 7) is 1.00. The number of halogens is 1. The highest BCUT2D eigenvalue weighted by atomic mass is 127. The van der Waals surface area contributed by atoms with Crippen molar-refractivity contribution < 1.29 is 0 Å². The molecule has 4 heteroatoms. The number of aliphatic imine (C=N–C) groups is 1. The van der Waals surface area contributed by atoms with E-state index in [0.717, 1.165) is 18.4 Å². The van der Waals surface area contributed by atoms with E-state index in [1.165, 1.54) is 30.4 Å². The average Bonchev–Trinajstić information content (AvgIpc) is 2.40. The fraction of sp³-hybridized carbons (Fsp3) is 0.500. The van der Waals surface area contributed by atoms with Gasteiger partial charge in [0.15, 0.2) is 5.96 Å². The Labute approximate surface area is 126 Å². The fourth-order valence-corrected chi connectivity index (χ4v) is 2.47. The van der Waals surface area contributed by atoms with Gasteiger partial charge < -0.3 is 10.6 Å². The van der Waals surface area contributed by atoms with Crippen molar-refractivity contribution in [3.8, 4) is 0 Å². The van der Waals surface area contributed by atoms with Gasteiger partial charge in [0.25, 0.3) is 0 Å². The van der Waals surface area contributed by atoms with Gasteiger partial charge in [-0.1, -0.05) is 24.3 Å². The molecule has 0 radical (unpaired) electrons. The third-order valence-corrected chi connectivity index (χ3v) is 3.47. The zero-order valence-corrected chi connectivity index (χ0v) is 13.4. The Hall–Kier alpha value is -0.780. The smallest absolute Gasteiger partial charge is 0.190 e. The van der Waals surface area contributed by atoms with Crippen LogP contribution in [0.15, 0.2) is 29.3 Å². The van der Waals surface area contributed by atoms with Gasteiger partial charge in [-0.25, -0.2) is 0 Å². The van der Waals surface area contributed by atoms with Gasteiger partial charge in [-0.2, -0.15) is 0 Å². The second kappa shape index (κ2) is 7.61. The molecule has 2 rings (SSSR count). The van der Waals surface area contributed by atoms with Gasteiger partial charge in [-0.3, -0.25) is 4.99 Å². The van der Waals surface area contributed by atoms with Crippen molar-refractivity contribution in [2.24, 2.45) is 10.9 Å². The van der Waals surface area contributed by atoms with E-state index < -0.39 is 0 Å². The molecule has 0 saturated heterocycles. The Balaban J connectivity index is 0.00000162. The maximum Gasteiger partial charge on any atom is 0.190 e. The Morgan fingerprint density at radius 2 is 2.06 bits per heavy atom. The van der Waals surface area contributed by atoms with E-state index in [4.69, 9.17) is 0 Å². The maximum atomic E-state index is 4.13. The molecule has 100 valence electrons. The average molecular weight is 359 g/mol. The molecule has 0 fully saturated rings. The van der Waals surface area contributed by atoms with Gasteiger partial charge in [-0.15, -0.1) is 24.0 Å². The van der Waals surface area contributed by atoms with Crippen molar-refractivity contribution in [3.63, 3.8) is 0 Å². The van der Waals surface area contributed by atoms with Crippen LogP contribution in [-0.4, -0.2) is 26.6 Å². The van der Waals surface area contributed by atoms with Crippen LogP contribution >= 0.6 is 24.0 Å². The van der Waals surface area contributed by atoms with Crippen LogP contribution in [0.5, 0.6) is 0 Å². The summed E-state index contributed by atoms with van der Waals surface area (Å²) in [6, 6.07) is 8.79. The minimum absolute atomic E-state index is 0. The Kier molecular flexibility index (Phi) is 6.46. The number of aryl methyl sites for hydroxylation is 1. The predicted octanol–water partition coefficient (Wildman–Crippen LogP) is 2.20. The van der Waals surface area contributed by atoms with E-state index in [9.17, 15) is 0 Å². The highest BCUT2D eigenvalue weighted by Gasteiger charge is 2.17. The van der Waals surface area contributed by atoms with Crippen LogP contribution in [-0.2, 0) is 12.8 Å². The first kappa shape index (κ1) is 15.3. The van der Waals surface area contributed by atoms with Gasteiger partial charge in [-0.05, 0) is 36.3 Å². The standard InChI is InChI=1S/C14H21N3.HI/c1-15-14(16-2)17-10-11-7-8-12-5-3-4-6-13(12)9-11;/h3-6,11H,7-10H2,1-2H3,(H2,15,16,17);1H. The number of fused-ring (bicyclic) bond motifs is 1. The lowest BCUT2D eigenvalue weighted by Gasteiger charge is -2.25. The molecule has 2 N–H and O–H groups in total. The number of nitrogens with one attached hydrogen (secondary N) is 2. The molecule has 1 aliphatic carbocycles. The summed E-state index contributed by atoms with van der Waals surface area (Å²) in [5.41, 5.74) is 3.05. The Bertz CT molecular complexity index is 404. The summed E-state index contributed by atoms with van der Waals surface area (Å²) < 4.78 is 0. The first-order chi connectivity index (χ1) is 8.33. The number of hydrogen-bond donors (Lipinski definition) is 2. The summed E-state index contributed by atoms with van der Waals surface area (Å²) in [5, 5.41) is 6.41. The molecule has 0 bridgehead atoms. The quantitative estimate of drug-likeness (QED) is 0.483. The lowest BCUT2D eigenvalue weighted by Crippen LogP contribution is -2.38. The highest BCUT2D eigenvalue weighted by molar-refractivity contribution is 14.0. The van der Waals surface area contributed by atoms with E-state index in [1.807, 2.05) is 7.05 Å². The van der Waals surface area contributed by atoms with Crippen molar-refractivity contribution in [1.82, 2.24) is 10.6 Å². The van der Waals surface area contributed by atoms with E-state index in [-0.39, 0.29) is 24.0 Å². The molecule has 3 nitrogen and oxygen atoms in total. The second-order valence-corrected chi connectivity index (χ2v) is 4.58. The lowest BCUT2D eigenvalue weighted by molar-refractivity contribution is 0.450. The van der Waals surface area contributed by atoms with Gasteiger partial charge >= 0.3 is 0 Å². The molecule has 1 atom stereocenters. The number of benzene rings is 1. The molecule has 0 spiro atoms. The van der Waals surface area contributed by atoms with E-state index in [1.54, 1.807) is 7.05 Å². The number of rotatable bonds is 2. The normalized spacial score (nSPS) is 18.6. The van der Waals surface area contributed by atoms with E-state index in [2.05, 4.69) is 39.9 Å². The molecule has 1 aromatic rings. The number of hydrogen-bond acceptors (Lipinski definition) is 1. The Morgan fingerprint density at radius 3 is 2.72 bits per heavy atom. The summed E-state index contributed by atoms with van der Waals surface area (Å²) in [4.78, 5) is 4.13. The van der Waals surface area contributed by atoms with E-state index in [0.29, 0.717) is 0 Å². The molecule has 1 aliphatic rings. The second-order valence-electron chi connectivity index (χ2n) is 4.58. The molecule has 1 aromatic carbocycles. The summed E-state index contributed by atoms with van der Waals surface area (Å²) in [5.74, 6) is 1.60. The number of guanidine groups is 1. The van der Waals surface area contributed by atoms with Crippen molar-refractivity contribution in [2.75, 3.05) is 20.6 Å². The van der Waals surface area contributed by atoms with Gasteiger partial charge in [0.05, 0.1) is 0 Å². The summed E-state index contributed by atoms with van der Waals surface area (Å²) in [6.07, 6.45) is 3.66. The zero-order chi connectivity index (χ0) is 12.1. The molecule has 0 heterocycles. The minimum atomic E-state index is 0. The largest absolute Gasteiger partial charge is 0.359 e. The van der Waals surface area contributed by atoms with E-state index >= 15 is 0 Å².